The maximum atomic E-state index is 12.8. The van der Waals surface area contributed by atoms with Gasteiger partial charge in [-0.3, -0.25) is 9.59 Å². The van der Waals surface area contributed by atoms with Crippen LogP contribution in [0.4, 0.5) is 4.39 Å². The van der Waals surface area contributed by atoms with Gasteiger partial charge in [0.15, 0.2) is 0 Å². The van der Waals surface area contributed by atoms with Gasteiger partial charge < -0.3 is 10.4 Å². The number of halogens is 1. The van der Waals surface area contributed by atoms with Crippen LogP contribution in [0.25, 0.3) is 0 Å². The number of carbonyl (C=O) groups excluding carboxylic acids is 1. The molecule has 20 heavy (non-hydrogen) atoms. The molecule has 1 amide bonds. The number of rotatable bonds is 7. The lowest BCUT2D eigenvalue weighted by atomic mass is 9.99. The molecule has 0 heterocycles. The SMILES string of the molecule is CC(C)CCC(=O)NCC(C(=O)O)c1ccc(F)cc1. The van der Waals surface area contributed by atoms with Crippen LogP contribution in [0.2, 0.25) is 0 Å². The van der Waals surface area contributed by atoms with E-state index in [0.717, 1.165) is 6.42 Å². The van der Waals surface area contributed by atoms with Gasteiger partial charge in [-0.15, -0.1) is 0 Å². The normalized spacial score (nSPS) is 12.2. The van der Waals surface area contributed by atoms with Gasteiger partial charge in [-0.2, -0.15) is 0 Å². The number of hydrogen-bond acceptors (Lipinski definition) is 2. The van der Waals surface area contributed by atoms with Crippen molar-refractivity contribution in [3.63, 3.8) is 0 Å². The molecule has 5 heteroatoms. The standard InChI is InChI=1S/C15H20FNO3/c1-10(2)3-8-14(18)17-9-13(15(19)20)11-4-6-12(16)7-5-11/h4-7,10,13H,3,8-9H2,1-2H3,(H,17,18)(H,19,20). The molecule has 0 aliphatic carbocycles. The van der Waals surface area contributed by atoms with Crippen molar-refractivity contribution >= 4 is 11.9 Å². The summed E-state index contributed by atoms with van der Waals surface area (Å²) in [6.45, 7) is 4.05. The Labute approximate surface area is 118 Å². The average Bonchev–Trinajstić information content (AvgIpc) is 2.38. The van der Waals surface area contributed by atoms with Crippen molar-refractivity contribution in [3.8, 4) is 0 Å². The van der Waals surface area contributed by atoms with Crippen LogP contribution in [0.3, 0.4) is 0 Å². The molecule has 4 nitrogen and oxygen atoms in total. The van der Waals surface area contributed by atoms with E-state index in [2.05, 4.69) is 5.32 Å². The first-order chi connectivity index (χ1) is 9.40. The van der Waals surface area contributed by atoms with Crippen LogP contribution in [0, 0.1) is 11.7 Å². The minimum absolute atomic E-state index is 0.0118. The van der Waals surface area contributed by atoms with Gasteiger partial charge in [-0.05, 0) is 30.0 Å². The van der Waals surface area contributed by atoms with Crippen LogP contribution in [-0.2, 0) is 9.59 Å². The van der Waals surface area contributed by atoms with Gasteiger partial charge in [0.2, 0.25) is 5.91 Å². The van der Waals surface area contributed by atoms with Gasteiger partial charge in [0.25, 0.3) is 0 Å². The Bertz CT molecular complexity index is 457. The summed E-state index contributed by atoms with van der Waals surface area (Å²) in [6.07, 6.45) is 1.15. The highest BCUT2D eigenvalue weighted by Crippen LogP contribution is 2.16. The second kappa shape index (κ2) is 7.62. The average molecular weight is 281 g/mol. The predicted molar refractivity (Wildman–Crippen MR) is 73.9 cm³/mol. The number of amides is 1. The van der Waals surface area contributed by atoms with Gasteiger partial charge >= 0.3 is 5.97 Å². The van der Waals surface area contributed by atoms with E-state index in [-0.39, 0.29) is 12.5 Å². The van der Waals surface area contributed by atoms with Crippen LogP contribution < -0.4 is 5.32 Å². The topological polar surface area (TPSA) is 66.4 Å². The minimum Gasteiger partial charge on any atom is -0.481 e. The molecule has 0 aliphatic rings. The van der Waals surface area contributed by atoms with Crippen molar-refractivity contribution in [2.45, 2.75) is 32.6 Å². The quantitative estimate of drug-likeness (QED) is 0.807. The van der Waals surface area contributed by atoms with Gasteiger partial charge in [-0.25, -0.2) is 4.39 Å². The monoisotopic (exact) mass is 281 g/mol. The zero-order chi connectivity index (χ0) is 15.1. The first kappa shape index (κ1) is 16.1. The number of hydrogen-bond donors (Lipinski definition) is 2. The Morgan fingerprint density at radius 1 is 1.25 bits per heavy atom. The van der Waals surface area contributed by atoms with Gasteiger partial charge in [0.05, 0.1) is 5.92 Å². The first-order valence-electron chi connectivity index (χ1n) is 6.65. The highest BCUT2D eigenvalue weighted by molar-refractivity contribution is 5.79. The van der Waals surface area contributed by atoms with Crippen molar-refractivity contribution in [2.75, 3.05) is 6.54 Å². The molecule has 0 spiro atoms. The number of carboxylic acids is 1. The van der Waals surface area contributed by atoms with Crippen molar-refractivity contribution in [1.29, 1.82) is 0 Å². The second-order valence-corrected chi connectivity index (χ2v) is 5.18. The van der Waals surface area contributed by atoms with Crippen molar-refractivity contribution in [2.24, 2.45) is 5.92 Å². The summed E-state index contributed by atoms with van der Waals surface area (Å²) < 4.78 is 12.8. The summed E-state index contributed by atoms with van der Waals surface area (Å²) in [5, 5.41) is 11.8. The third-order valence-electron chi connectivity index (χ3n) is 3.02. The molecular formula is C15H20FNO3. The third-order valence-corrected chi connectivity index (χ3v) is 3.02. The molecule has 1 aromatic carbocycles. The molecule has 1 rings (SSSR count). The summed E-state index contributed by atoms with van der Waals surface area (Å²) in [7, 11) is 0. The highest BCUT2D eigenvalue weighted by Gasteiger charge is 2.20. The fourth-order valence-electron chi connectivity index (χ4n) is 1.77. The number of aliphatic carboxylic acids is 1. The van der Waals surface area contributed by atoms with E-state index < -0.39 is 17.7 Å². The fraction of sp³-hybridized carbons (Fsp3) is 0.467. The fourth-order valence-corrected chi connectivity index (χ4v) is 1.77. The molecule has 0 fully saturated rings. The molecule has 0 bridgehead atoms. The maximum Gasteiger partial charge on any atom is 0.312 e. The number of carboxylic acid groups (broad SMARTS) is 1. The Morgan fingerprint density at radius 3 is 2.35 bits per heavy atom. The number of benzene rings is 1. The Balaban J connectivity index is 2.58. The zero-order valence-corrected chi connectivity index (χ0v) is 11.7. The molecule has 110 valence electrons. The van der Waals surface area contributed by atoms with Gasteiger partial charge in [0, 0.05) is 13.0 Å². The lowest BCUT2D eigenvalue weighted by Gasteiger charge is -2.14. The molecule has 1 unspecified atom stereocenters. The molecule has 1 atom stereocenters. The largest absolute Gasteiger partial charge is 0.481 e. The second-order valence-electron chi connectivity index (χ2n) is 5.18. The van der Waals surface area contributed by atoms with Gasteiger partial charge in [0.1, 0.15) is 5.82 Å². The Hall–Kier alpha value is -1.91. The highest BCUT2D eigenvalue weighted by atomic mass is 19.1. The number of nitrogens with one attached hydrogen (secondary N) is 1. The smallest absolute Gasteiger partial charge is 0.312 e. The van der Waals surface area contributed by atoms with E-state index in [4.69, 9.17) is 0 Å². The minimum atomic E-state index is -1.04. The van der Waals surface area contributed by atoms with E-state index in [1.807, 2.05) is 13.8 Å². The lowest BCUT2D eigenvalue weighted by Crippen LogP contribution is -2.31. The molecule has 0 saturated heterocycles. The maximum absolute atomic E-state index is 12.8. The van der Waals surface area contributed by atoms with Crippen molar-refractivity contribution in [3.05, 3.63) is 35.6 Å². The molecule has 2 N–H and O–H groups in total. The van der Waals surface area contributed by atoms with Crippen molar-refractivity contribution < 1.29 is 19.1 Å². The van der Waals surface area contributed by atoms with E-state index in [1.54, 1.807) is 0 Å². The third kappa shape index (κ3) is 5.38. The van der Waals surface area contributed by atoms with E-state index in [1.165, 1.54) is 24.3 Å². The Kier molecular flexibility index (Phi) is 6.15. The molecule has 0 saturated carbocycles. The van der Waals surface area contributed by atoms with E-state index in [0.29, 0.717) is 17.9 Å². The zero-order valence-electron chi connectivity index (χ0n) is 11.7. The summed E-state index contributed by atoms with van der Waals surface area (Å²) in [6, 6.07) is 5.28. The van der Waals surface area contributed by atoms with E-state index >= 15 is 0 Å². The summed E-state index contributed by atoms with van der Waals surface area (Å²) in [5.74, 6) is -2.06. The summed E-state index contributed by atoms with van der Waals surface area (Å²) >= 11 is 0. The molecule has 1 aromatic rings. The van der Waals surface area contributed by atoms with Gasteiger partial charge in [-0.1, -0.05) is 26.0 Å². The summed E-state index contributed by atoms with van der Waals surface area (Å²) in [5.41, 5.74) is 0.475. The van der Waals surface area contributed by atoms with Crippen LogP contribution in [0.5, 0.6) is 0 Å². The first-order valence-corrected chi connectivity index (χ1v) is 6.65. The van der Waals surface area contributed by atoms with Crippen LogP contribution in [0.1, 0.15) is 38.2 Å². The molecular weight excluding hydrogens is 261 g/mol. The van der Waals surface area contributed by atoms with Crippen LogP contribution >= 0.6 is 0 Å². The van der Waals surface area contributed by atoms with Crippen LogP contribution in [0.15, 0.2) is 24.3 Å². The molecule has 0 aromatic heterocycles. The summed E-state index contributed by atoms with van der Waals surface area (Å²) in [4.78, 5) is 22.8. The number of carbonyl (C=O) groups is 2. The predicted octanol–water partition coefficient (Wildman–Crippen LogP) is 2.55. The van der Waals surface area contributed by atoms with Crippen LogP contribution in [-0.4, -0.2) is 23.5 Å². The molecule has 0 aliphatic heterocycles. The Morgan fingerprint density at radius 2 is 1.85 bits per heavy atom. The van der Waals surface area contributed by atoms with E-state index in [9.17, 15) is 19.1 Å². The van der Waals surface area contributed by atoms with Crippen molar-refractivity contribution in [1.82, 2.24) is 5.32 Å². The molecule has 0 radical (unpaired) electrons. The lowest BCUT2D eigenvalue weighted by molar-refractivity contribution is -0.138.